The molecule has 4 rings (SSSR count). The predicted molar refractivity (Wildman–Crippen MR) is 88.4 cm³/mol. The zero-order chi connectivity index (χ0) is 16.0. The summed E-state index contributed by atoms with van der Waals surface area (Å²) in [7, 11) is 0. The first kappa shape index (κ1) is 13.9. The second-order valence-corrected chi connectivity index (χ2v) is 6.24. The van der Waals surface area contributed by atoms with Crippen molar-refractivity contribution >= 4 is 11.4 Å². The number of nitro benzene ring substituents is 1. The van der Waals surface area contributed by atoms with Crippen molar-refractivity contribution in [2.45, 2.75) is 25.3 Å². The zero-order valence-electron chi connectivity index (χ0n) is 12.8. The number of non-ortho nitro benzene ring substituents is 1. The second-order valence-electron chi connectivity index (χ2n) is 6.24. The molecule has 2 aliphatic rings. The van der Waals surface area contributed by atoms with E-state index in [1.54, 1.807) is 12.1 Å². The Labute approximate surface area is 134 Å². The summed E-state index contributed by atoms with van der Waals surface area (Å²) in [6.45, 7) is 1.93. The molecule has 1 aliphatic heterocycles. The summed E-state index contributed by atoms with van der Waals surface area (Å²) < 4.78 is 0. The summed E-state index contributed by atoms with van der Waals surface area (Å²) in [4.78, 5) is 15.0. The Kier molecular flexibility index (Phi) is 3.15. The van der Waals surface area contributed by atoms with Crippen molar-refractivity contribution in [1.29, 1.82) is 0 Å². The minimum atomic E-state index is -0.310. The van der Waals surface area contributed by atoms with E-state index in [9.17, 15) is 10.1 Å². The fourth-order valence-corrected chi connectivity index (χ4v) is 3.87. The van der Waals surface area contributed by atoms with E-state index in [1.807, 2.05) is 31.5 Å². The van der Waals surface area contributed by atoms with Gasteiger partial charge in [0.1, 0.15) is 0 Å². The van der Waals surface area contributed by atoms with Crippen LogP contribution in [0.3, 0.4) is 0 Å². The number of fused-ring (bicyclic) bond motifs is 3. The van der Waals surface area contributed by atoms with Gasteiger partial charge < -0.3 is 5.32 Å². The standard InChI is InChI=1S/C18H17N3O2/c1-11-9-13(21(22)23)10-16-14-3-2-4-15(14)18(20-17(11)16)12-5-7-19-8-6-12/h2-3,5-10,14-15,18,20H,4H2,1H3/t14-,15-,18+/m0/s1. The second kappa shape index (κ2) is 5.19. The maximum Gasteiger partial charge on any atom is 0.270 e. The fraction of sp³-hybridized carbons (Fsp3) is 0.278. The normalized spacial score (nSPS) is 24.7. The number of rotatable bonds is 2. The molecule has 1 aliphatic carbocycles. The number of nitrogens with one attached hydrogen (secondary N) is 1. The molecule has 0 bridgehead atoms. The van der Waals surface area contributed by atoms with Gasteiger partial charge in [-0.2, -0.15) is 0 Å². The van der Waals surface area contributed by atoms with E-state index in [0.717, 1.165) is 23.2 Å². The van der Waals surface area contributed by atoms with Crippen LogP contribution in [0.2, 0.25) is 0 Å². The monoisotopic (exact) mass is 307 g/mol. The number of allylic oxidation sites excluding steroid dienone is 2. The highest BCUT2D eigenvalue weighted by molar-refractivity contribution is 5.67. The van der Waals surface area contributed by atoms with Crippen LogP contribution in [0.4, 0.5) is 11.4 Å². The van der Waals surface area contributed by atoms with Crippen LogP contribution in [0.15, 0.2) is 48.8 Å². The molecule has 0 saturated carbocycles. The largest absolute Gasteiger partial charge is 0.377 e. The van der Waals surface area contributed by atoms with E-state index >= 15 is 0 Å². The van der Waals surface area contributed by atoms with Crippen LogP contribution < -0.4 is 5.32 Å². The predicted octanol–water partition coefficient (Wildman–Crippen LogP) is 4.12. The molecule has 0 radical (unpaired) electrons. The van der Waals surface area contributed by atoms with Crippen molar-refractivity contribution in [3.05, 3.63) is 75.6 Å². The highest BCUT2D eigenvalue weighted by Gasteiger charge is 2.39. The van der Waals surface area contributed by atoms with Gasteiger partial charge in [0.25, 0.3) is 5.69 Å². The molecule has 2 heterocycles. The summed E-state index contributed by atoms with van der Waals surface area (Å²) in [5.74, 6) is 0.606. The van der Waals surface area contributed by atoms with Crippen LogP contribution in [0, 0.1) is 23.0 Å². The van der Waals surface area contributed by atoms with Crippen molar-refractivity contribution in [2.75, 3.05) is 5.32 Å². The topological polar surface area (TPSA) is 68.1 Å². The van der Waals surface area contributed by atoms with Crippen LogP contribution in [0.5, 0.6) is 0 Å². The van der Waals surface area contributed by atoms with Crippen LogP contribution >= 0.6 is 0 Å². The highest BCUT2D eigenvalue weighted by atomic mass is 16.6. The molecule has 1 aromatic carbocycles. The van der Waals surface area contributed by atoms with Crippen molar-refractivity contribution < 1.29 is 4.92 Å². The quantitative estimate of drug-likeness (QED) is 0.514. The molecule has 23 heavy (non-hydrogen) atoms. The lowest BCUT2D eigenvalue weighted by atomic mass is 9.76. The summed E-state index contributed by atoms with van der Waals surface area (Å²) in [5.41, 5.74) is 4.38. The van der Waals surface area contributed by atoms with E-state index in [-0.39, 0.29) is 22.6 Å². The number of pyridine rings is 1. The number of hydrogen-bond acceptors (Lipinski definition) is 4. The van der Waals surface area contributed by atoms with E-state index in [0.29, 0.717) is 5.92 Å². The number of nitro groups is 1. The smallest absolute Gasteiger partial charge is 0.270 e. The number of hydrogen-bond donors (Lipinski definition) is 1. The fourth-order valence-electron chi connectivity index (χ4n) is 3.87. The molecule has 116 valence electrons. The highest BCUT2D eigenvalue weighted by Crippen LogP contribution is 2.51. The SMILES string of the molecule is Cc1cc([N+](=O)[O-])cc2c1N[C@H](c1ccncc1)[C@H]1CC=C[C@H]21. The molecule has 1 N–H and O–H groups in total. The average Bonchev–Trinajstić information content (AvgIpc) is 3.04. The third-order valence-electron chi connectivity index (χ3n) is 4.93. The Bertz CT molecular complexity index is 801. The number of aromatic nitrogens is 1. The third-order valence-corrected chi connectivity index (χ3v) is 4.93. The molecule has 2 aromatic rings. The van der Waals surface area contributed by atoms with Gasteiger partial charge in [-0.05, 0) is 48.1 Å². The molecule has 0 spiro atoms. The third kappa shape index (κ3) is 2.20. The summed E-state index contributed by atoms with van der Waals surface area (Å²) >= 11 is 0. The average molecular weight is 307 g/mol. The van der Waals surface area contributed by atoms with E-state index in [2.05, 4.69) is 22.5 Å². The van der Waals surface area contributed by atoms with Gasteiger partial charge in [0.05, 0.1) is 11.0 Å². The maximum atomic E-state index is 11.2. The van der Waals surface area contributed by atoms with Crippen molar-refractivity contribution in [3.63, 3.8) is 0 Å². The van der Waals surface area contributed by atoms with Crippen LogP contribution in [0.1, 0.15) is 35.1 Å². The van der Waals surface area contributed by atoms with Gasteiger partial charge in [-0.1, -0.05) is 12.2 Å². The van der Waals surface area contributed by atoms with Crippen LogP contribution in [0.25, 0.3) is 0 Å². The minimum absolute atomic E-state index is 0.171. The van der Waals surface area contributed by atoms with Crippen molar-refractivity contribution in [1.82, 2.24) is 4.98 Å². The molecule has 5 heteroatoms. The van der Waals surface area contributed by atoms with Gasteiger partial charge in [0.2, 0.25) is 0 Å². The van der Waals surface area contributed by atoms with Crippen molar-refractivity contribution in [3.8, 4) is 0 Å². The maximum absolute atomic E-state index is 11.2. The molecule has 0 fully saturated rings. The van der Waals surface area contributed by atoms with Crippen LogP contribution in [-0.4, -0.2) is 9.91 Å². The number of anilines is 1. The first-order chi connectivity index (χ1) is 11.1. The lowest BCUT2D eigenvalue weighted by Gasteiger charge is -2.38. The molecule has 3 atom stereocenters. The number of aryl methyl sites for hydroxylation is 1. The molecular weight excluding hydrogens is 290 g/mol. The molecule has 0 unspecified atom stereocenters. The Morgan fingerprint density at radius 2 is 2.09 bits per heavy atom. The molecule has 1 aromatic heterocycles. The molecule has 0 saturated heterocycles. The molecular formula is C18H17N3O2. The van der Waals surface area contributed by atoms with E-state index in [4.69, 9.17) is 0 Å². The molecule has 5 nitrogen and oxygen atoms in total. The first-order valence-corrected chi connectivity index (χ1v) is 7.77. The zero-order valence-corrected chi connectivity index (χ0v) is 12.8. The summed E-state index contributed by atoms with van der Waals surface area (Å²) in [6.07, 6.45) is 8.99. The Hall–Kier alpha value is -2.69. The Morgan fingerprint density at radius 3 is 2.83 bits per heavy atom. The number of nitrogens with zero attached hydrogens (tertiary/aromatic N) is 2. The summed E-state index contributed by atoms with van der Waals surface area (Å²) in [5, 5.41) is 14.8. The van der Waals surface area contributed by atoms with Gasteiger partial charge in [0.15, 0.2) is 0 Å². The van der Waals surface area contributed by atoms with Crippen LogP contribution in [-0.2, 0) is 0 Å². The van der Waals surface area contributed by atoms with E-state index < -0.39 is 0 Å². The number of benzene rings is 1. The van der Waals surface area contributed by atoms with Gasteiger partial charge >= 0.3 is 0 Å². The lowest BCUT2D eigenvalue weighted by Crippen LogP contribution is -2.29. The Balaban J connectivity index is 1.84. The first-order valence-electron chi connectivity index (χ1n) is 7.77. The Morgan fingerprint density at radius 1 is 1.30 bits per heavy atom. The van der Waals surface area contributed by atoms with Crippen molar-refractivity contribution in [2.24, 2.45) is 5.92 Å². The minimum Gasteiger partial charge on any atom is -0.377 e. The molecule has 0 amide bonds. The van der Waals surface area contributed by atoms with E-state index in [1.165, 1.54) is 5.56 Å². The van der Waals surface area contributed by atoms with Gasteiger partial charge in [-0.3, -0.25) is 15.1 Å². The van der Waals surface area contributed by atoms with Gasteiger partial charge in [0, 0.05) is 36.1 Å². The lowest BCUT2D eigenvalue weighted by molar-refractivity contribution is -0.385. The van der Waals surface area contributed by atoms with Gasteiger partial charge in [-0.15, -0.1) is 0 Å². The van der Waals surface area contributed by atoms with Gasteiger partial charge in [-0.25, -0.2) is 0 Å². The summed E-state index contributed by atoms with van der Waals surface area (Å²) in [6, 6.07) is 7.66.